The Balaban J connectivity index is 1.69. The van der Waals surface area contributed by atoms with Crippen LogP contribution in [0.4, 0.5) is 5.69 Å². The number of hydrogen-bond acceptors (Lipinski definition) is 3. The van der Waals surface area contributed by atoms with Gasteiger partial charge in [0.2, 0.25) is 5.60 Å². The summed E-state index contributed by atoms with van der Waals surface area (Å²) in [6.45, 7) is 0.535. The molecule has 0 aliphatic carbocycles. The highest BCUT2D eigenvalue weighted by Crippen LogP contribution is 2.29. The van der Waals surface area contributed by atoms with Gasteiger partial charge in [-0.05, 0) is 42.0 Å². The van der Waals surface area contributed by atoms with Gasteiger partial charge in [0, 0.05) is 34.1 Å². The molecule has 1 saturated heterocycles. The van der Waals surface area contributed by atoms with Crippen LogP contribution < -0.4 is 10.2 Å². The van der Waals surface area contributed by atoms with Gasteiger partial charge in [-0.25, -0.2) is 0 Å². The lowest BCUT2D eigenvalue weighted by atomic mass is 10.0. The van der Waals surface area contributed by atoms with Crippen LogP contribution in [-0.2, 0) is 16.1 Å². The predicted octanol–water partition coefficient (Wildman–Crippen LogP) is 3.00. The Hall–Kier alpha value is -1.70. The van der Waals surface area contributed by atoms with Crippen molar-refractivity contribution in [3.8, 4) is 0 Å². The first kappa shape index (κ1) is 18.1. The standard InChI is InChI=1S/C18H16Br2N2O3/c19-13-4-6-15(7-5-13)22-9-8-18(25,17(22)24)16(23)21-11-12-2-1-3-14(20)10-12/h1-7,10,25H,8-9,11H2,(H,21,23). The molecule has 0 aromatic heterocycles. The zero-order valence-electron chi connectivity index (χ0n) is 13.2. The van der Waals surface area contributed by atoms with Crippen molar-refractivity contribution in [2.24, 2.45) is 0 Å². The third-order valence-electron chi connectivity index (χ3n) is 4.15. The number of nitrogens with one attached hydrogen (secondary N) is 1. The van der Waals surface area contributed by atoms with Gasteiger partial charge in [0.05, 0.1) is 0 Å². The molecule has 25 heavy (non-hydrogen) atoms. The van der Waals surface area contributed by atoms with Crippen LogP contribution in [0.3, 0.4) is 0 Å². The van der Waals surface area contributed by atoms with E-state index in [1.165, 1.54) is 4.90 Å². The Kier molecular flexibility index (Phi) is 5.27. The lowest BCUT2D eigenvalue weighted by molar-refractivity contribution is -0.149. The molecule has 0 bridgehead atoms. The quantitative estimate of drug-likeness (QED) is 0.679. The number of anilines is 1. The number of nitrogens with zero attached hydrogens (tertiary/aromatic N) is 1. The second-order valence-corrected chi connectivity index (χ2v) is 7.69. The van der Waals surface area contributed by atoms with Crippen LogP contribution in [0.15, 0.2) is 57.5 Å². The Morgan fingerprint density at radius 2 is 1.88 bits per heavy atom. The second-order valence-electron chi connectivity index (χ2n) is 5.86. The molecular formula is C18H16Br2N2O3. The SMILES string of the molecule is O=C(NCc1cccc(Br)c1)C1(O)CCN(c2ccc(Br)cc2)C1=O. The van der Waals surface area contributed by atoms with E-state index in [0.29, 0.717) is 12.2 Å². The van der Waals surface area contributed by atoms with Crippen molar-refractivity contribution in [2.75, 3.05) is 11.4 Å². The van der Waals surface area contributed by atoms with E-state index in [-0.39, 0.29) is 13.0 Å². The smallest absolute Gasteiger partial charge is 0.268 e. The second kappa shape index (κ2) is 7.27. The summed E-state index contributed by atoms with van der Waals surface area (Å²) >= 11 is 6.71. The number of carbonyl (C=O) groups is 2. The van der Waals surface area contributed by atoms with E-state index >= 15 is 0 Å². The first-order valence-corrected chi connectivity index (χ1v) is 9.31. The number of amides is 2. The number of carbonyl (C=O) groups excluding carboxylic acids is 2. The van der Waals surface area contributed by atoms with Crippen LogP contribution in [0.5, 0.6) is 0 Å². The van der Waals surface area contributed by atoms with Gasteiger partial charge in [-0.3, -0.25) is 9.59 Å². The van der Waals surface area contributed by atoms with Gasteiger partial charge in [-0.1, -0.05) is 44.0 Å². The Labute approximate surface area is 162 Å². The number of halogens is 2. The zero-order valence-corrected chi connectivity index (χ0v) is 16.4. The third kappa shape index (κ3) is 3.78. The molecule has 130 valence electrons. The van der Waals surface area contributed by atoms with E-state index in [2.05, 4.69) is 37.2 Å². The Bertz CT molecular complexity index is 810. The maximum absolute atomic E-state index is 12.6. The molecule has 1 fully saturated rings. The normalized spacial score (nSPS) is 20.0. The van der Waals surface area contributed by atoms with E-state index in [0.717, 1.165) is 14.5 Å². The van der Waals surface area contributed by atoms with Crippen molar-refractivity contribution in [1.82, 2.24) is 5.32 Å². The first-order valence-electron chi connectivity index (χ1n) is 7.73. The van der Waals surface area contributed by atoms with Gasteiger partial charge in [-0.15, -0.1) is 0 Å². The number of benzene rings is 2. The van der Waals surface area contributed by atoms with E-state index in [1.807, 2.05) is 36.4 Å². The van der Waals surface area contributed by atoms with Crippen molar-refractivity contribution in [2.45, 2.75) is 18.6 Å². The fourth-order valence-corrected chi connectivity index (χ4v) is 3.47. The van der Waals surface area contributed by atoms with Crippen molar-refractivity contribution in [3.63, 3.8) is 0 Å². The molecule has 2 aromatic rings. The van der Waals surface area contributed by atoms with E-state index in [9.17, 15) is 14.7 Å². The molecule has 7 heteroatoms. The fraction of sp³-hybridized carbons (Fsp3) is 0.222. The van der Waals surface area contributed by atoms with Crippen molar-refractivity contribution < 1.29 is 14.7 Å². The maximum atomic E-state index is 12.6. The summed E-state index contributed by atoms with van der Waals surface area (Å²) in [6.07, 6.45) is 0.0617. The summed E-state index contributed by atoms with van der Waals surface area (Å²) in [5.41, 5.74) is -0.496. The van der Waals surface area contributed by atoms with E-state index in [4.69, 9.17) is 0 Å². The predicted molar refractivity (Wildman–Crippen MR) is 102 cm³/mol. The minimum Gasteiger partial charge on any atom is -0.372 e. The maximum Gasteiger partial charge on any atom is 0.268 e. The van der Waals surface area contributed by atoms with Crippen LogP contribution in [0.25, 0.3) is 0 Å². The van der Waals surface area contributed by atoms with Gasteiger partial charge < -0.3 is 15.3 Å². The van der Waals surface area contributed by atoms with Gasteiger partial charge in [-0.2, -0.15) is 0 Å². The summed E-state index contributed by atoms with van der Waals surface area (Å²) < 4.78 is 1.79. The van der Waals surface area contributed by atoms with Crippen LogP contribution >= 0.6 is 31.9 Å². The first-order chi connectivity index (χ1) is 11.9. The Morgan fingerprint density at radius 3 is 2.56 bits per heavy atom. The van der Waals surface area contributed by atoms with E-state index in [1.54, 1.807) is 12.1 Å². The highest BCUT2D eigenvalue weighted by atomic mass is 79.9. The summed E-state index contributed by atoms with van der Waals surface area (Å²) in [4.78, 5) is 26.5. The zero-order chi connectivity index (χ0) is 18.0. The van der Waals surface area contributed by atoms with Crippen LogP contribution in [0.1, 0.15) is 12.0 Å². The average Bonchev–Trinajstić information content (AvgIpc) is 2.90. The molecule has 1 aliphatic heterocycles. The van der Waals surface area contributed by atoms with Crippen molar-refractivity contribution in [1.29, 1.82) is 0 Å². The molecular weight excluding hydrogens is 452 g/mol. The van der Waals surface area contributed by atoms with Gasteiger partial charge in [0.25, 0.3) is 11.8 Å². The molecule has 3 rings (SSSR count). The molecule has 5 nitrogen and oxygen atoms in total. The molecule has 1 aliphatic rings. The molecule has 0 radical (unpaired) electrons. The molecule has 1 heterocycles. The largest absolute Gasteiger partial charge is 0.372 e. The lowest BCUT2D eigenvalue weighted by Crippen LogP contribution is -2.52. The van der Waals surface area contributed by atoms with Gasteiger partial charge in [0.15, 0.2) is 0 Å². The summed E-state index contributed by atoms with van der Waals surface area (Å²) in [6, 6.07) is 14.6. The molecule has 2 amide bonds. The van der Waals surface area contributed by atoms with Crippen LogP contribution in [-0.4, -0.2) is 29.1 Å². The summed E-state index contributed by atoms with van der Waals surface area (Å²) in [5, 5.41) is 13.3. The van der Waals surface area contributed by atoms with Gasteiger partial charge >= 0.3 is 0 Å². The highest BCUT2D eigenvalue weighted by molar-refractivity contribution is 9.10. The fourth-order valence-electron chi connectivity index (χ4n) is 2.76. The molecule has 0 saturated carbocycles. The number of rotatable bonds is 4. The number of hydrogen-bond donors (Lipinski definition) is 2. The van der Waals surface area contributed by atoms with Crippen molar-refractivity contribution >= 4 is 49.4 Å². The monoisotopic (exact) mass is 466 g/mol. The molecule has 2 aromatic carbocycles. The van der Waals surface area contributed by atoms with Crippen LogP contribution in [0, 0.1) is 0 Å². The molecule has 1 unspecified atom stereocenters. The highest BCUT2D eigenvalue weighted by Gasteiger charge is 2.51. The van der Waals surface area contributed by atoms with Crippen LogP contribution in [0.2, 0.25) is 0 Å². The van der Waals surface area contributed by atoms with E-state index < -0.39 is 17.4 Å². The summed E-state index contributed by atoms with van der Waals surface area (Å²) in [5.74, 6) is -1.27. The summed E-state index contributed by atoms with van der Waals surface area (Å²) in [7, 11) is 0. The number of aliphatic hydroxyl groups is 1. The average molecular weight is 468 g/mol. The van der Waals surface area contributed by atoms with Crippen molar-refractivity contribution in [3.05, 3.63) is 63.0 Å². The molecule has 2 N–H and O–H groups in total. The minimum atomic E-state index is -2.03. The molecule has 0 spiro atoms. The topological polar surface area (TPSA) is 69.6 Å². The molecule has 1 atom stereocenters. The Morgan fingerprint density at radius 1 is 1.16 bits per heavy atom. The minimum absolute atomic E-state index is 0.0617. The third-order valence-corrected chi connectivity index (χ3v) is 5.17. The van der Waals surface area contributed by atoms with Gasteiger partial charge in [0.1, 0.15) is 0 Å². The lowest BCUT2D eigenvalue weighted by Gasteiger charge is -2.22.